The molecule has 0 aliphatic carbocycles. The molecule has 3 heterocycles. The Morgan fingerprint density at radius 2 is 2.22 bits per heavy atom. The van der Waals surface area contributed by atoms with Gasteiger partial charge in [-0.15, -0.1) is 0 Å². The molecule has 0 bridgehead atoms. The van der Waals surface area contributed by atoms with Gasteiger partial charge in [0.25, 0.3) is 0 Å². The summed E-state index contributed by atoms with van der Waals surface area (Å²) in [5, 5.41) is 0.751. The molecule has 96 valence electrons. The summed E-state index contributed by atoms with van der Waals surface area (Å²) in [6.45, 7) is 1.21. The fourth-order valence-electron chi connectivity index (χ4n) is 2.76. The van der Waals surface area contributed by atoms with Crippen LogP contribution >= 0.6 is 11.6 Å². The van der Waals surface area contributed by atoms with Gasteiger partial charge >= 0.3 is 0 Å². The van der Waals surface area contributed by atoms with Crippen molar-refractivity contribution in [2.45, 2.75) is 31.7 Å². The number of piperidine rings is 1. The third-order valence-electron chi connectivity index (χ3n) is 3.83. The molecule has 0 spiro atoms. The van der Waals surface area contributed by atoms with E-state index >= 15 is 0 Å². The third kappa shape index (κ3) is 2.38. The van der Waals surface area contributed by atoms with E-state index in [1.807, 2.05) is 22.7 Å². The second-order valence-electron chi connectivity index (χ2n) is 5.18. The van der Waals surface area contributed by atoms with Crippen molar-refractivity contribution < 1.29 is 0 Å². The molecule has 0 amide bonds. The standard InChI is InChI=1S/C14H18ClN3/c1-17-7-3-2-4-13(17)8-12-10-18-9-11(15)5-6-14(18)16-12/h5-6,9-10,13H,2-4,7-8H2,1H3. The van der Waals surface area contributed by atoms with Gasteiger partial charge in [0.05, 0.1) is 10.7 Å². The summed E-state index contributed by atoms with van der Waals surface area (Å²) in [6, 6.07) is 4.50. The van der Waals surface area contributed by atoms with Crippen LogP contribution in [0.1, 0.15) is 25.0 Å². The zero-order valence-corrected chi connectivity index (χ0v) is 11.4. The van der Waals surface area contributed by atoms with E-state index < -0.39 is 0 Å². The lowest BCUT2D eigenvalue weighted by Crippen LogP contribution is -2.37. The number of hydrogen-bond acceptors (Lipinski definition) is 2. The Labute approximate surface area is 112 Å². The minimum atomic E-state index is 0.638. The van der Waals surface area contributed by atoms with Crippen LogP contribution in [0.3, 0.4) is 0 Å². The predicted molar refractivity (Wildman–Crippen MR) is 74.2 cm³/mol. The van der Waals surface area contributed by atoms with Gasteiger partial charge in [0.15, 0.2) is 0 Å². The number of fused-ring (bicyclic) bond motifs is 1. The second kappa shape index (κ2) is 4.90. The summed E-state index contributed by atoms with van der Waals surface area (Å²) in [7, 11) is 2.22. The number of pyridine rings is 1. The van der Waals surface area contributed by atoms with E-state index in [1.54, 1.807) is 0 Å². The molecule has 1 saturated heterocycles. The fraction of sp³-hybridized carbons (Fsp3) is 0.500. The van der Waals surface area contributed by atoms with Gasteiger partial charge in [-0.2, -0.15) is 0 Å². The quantitative estimate of drug-likeness (QED) is 0.830. The van der Waals surface area contributed by atoms with E-state index in [4.69, 9.17) is 11.6 Å². The number of imidazole rings is 1. The zero-order chi connectivity index (χ0) is 12.5. The maximum Gasteiger partial charge on any atom is 0.137 e. The summed E-state index contributed by atoms with van der Waals surface area (Å²) >= 11 is 5.99. The molecule has 1 aliphatic heterocycles. The molecule has 1 aliphatic rings. The molecule has 2 aromatic rings. The van der Waals surface area contributed by atoms with Gasteiger partial charge in [0, 0.05) is 24.9 Å². The van der Waals surface area contributed by atoms with Gasteiger partial charge in [0.1, 0.15) is 5.65 Å². The first-order chi connectivity index (χ1) is 8.72. The Kier molecular flexibility index (Phi) is 3.27. The molecule has 1 unspecified atom stereocenters. The number of likely N-dealkylation sites (tertiary alicyclic amines) is 1. The van der Waals surface area contributed by atoms with Gasteiger partial charge < -0.3 is 9.30 Å². The molecule has 0 N–H and O–H groups in total. The van der Waals surface area contributed by atoms with Crippen LogP contribution in [0.2, 0.25) is 5.02 Å². The molecule has 2 aromatic heterocycles. The molecule has 1 atom stereocenters. The second-order valence-corrected chi connectivity index (χ2v) is 5.62. The Morgan fingerprint density at radius 1 is 1.33 bits per heavy atom. The molecule has 1 fully saturated rings. The highest BCUT2D eigenvalue weighted by molar-refractivity contribution is 6.30. The van der Waals surface area contributed by atoms with Crippen molar-refractivity contribution in [1.82, 2.24) is 14.3 Å². The number of halogens is 1. The molecule has 3 rings (SSSR count). The zero-order valence-electron chi connectivity index (χ0n) is 10.6. The van der Waals surface area contributed by atoms with Crippen molar-refractivity contribution in [3.05, 3.63) is 35.2 Å². The van der Waals surface area contributed by atoms with Gasteiger partial charge in [-0.05, 0) is 38.6 Å². The number of aromatic nitrogens is 2. The monoisotopic (exact) mass is 263 g/mol. The van der Waals surface area contributed by atoms with E-state index in [2.05, 4.69) is 23.1 Å². The molecular weight excluding hydrogens is 246 g/mol. The number of hydrogen-bond donors (Lipinski definition) is 0. The lowest BCUT2D eigenvalue weighted by atomic mass is 9.99. The van der Waals surface area contributed by atoms with Gasteiger partial charge in [0.2, 0.25) is 0 Å². The van der Waals surface area contributed by atoms with E-state index in [0.29, 0.717) is 6.04 Å². The van der Waals surface area contributed by atoms with Crippen molar-refractivity contribution in [3.8, 4) is 0 Å². The van der Waals surface area contributed by atoms with Gasteiger partial charge in [-0.25, -0.2) is 4.98 Å². The van der Waals surface area contributed by atoms with Crippen molar-refractivity contribution >= 4 is 17.2 Å². The van der Waals surface area contributed by atoms with Gasteiger partial charge in [-0.3, -0.25) is 0 Å². The lowest BCUT2D eigenvalue weighted by molar-refractivity contribution is 0.184. The summed E-state index contributed by atoms with van der Waals surface area (Å²) in [6.07, 6.45) is 9.00. The summed E-state index contributed by atoms with van der Waals surface area (Å²) in [5.41, 5.74) is 2.14. The largest absolute Gasteiger partial charge is 0.305 e. The van der Waals surface area contributed by atoms with Gasteiger partial charge in [-0.1, -0.05) is 18.0 Å². The Morgan fingerprint density at radius 3 is 3.06 bits per heavy atom. The number of rotatable bonds is 2. The van der Waals surface area contributed by atoms with Crippen LogP contribution in [0, 0.1) is 0 Å². The van der Waals surface area contributed by atoms with Crippen LogP contribution < -0.4 is 0 Å². The van der Waals surface area contributed by atoms with Crippen molar-refractivity contribution in [1.29, 1.82) is 0 Å². The van der Waals surface area contributed by atoms with Crippen molar-refractivity contribution in [2.24, 2.45) is 0 Å². The van der Waals surface area contributed by atoms with Crippen molar-refractivity contribution in [3.63, 3.8) is 0 Å². The summed E-state index contributed by atoms with van der Waals surface area (Å²) in [4.78, 5) is 7.12. The fourth-order valence-corrected chi connectivity index (χ4v) is 2.93. The maximum absolute atomic E-state index is 5.99. The highest BCUT2D eigenvalue weighted by Gasteiger charge is 2.20. The smallest absolute Gasteiger partial charge is 0.137 e. The molecule has 0 aromatic carbocycles. The summed E-state index contributed by atoms with van der Waals surface area (Å²) in [5.74, 6) is 0. The normalized spacial score (nSPS) is 21.6. The predicted octanol–water partition coefficient (Wildman–Crippen LogP) is 3.01. The molecule has 4 heteroatoms. The lowest BCUT2D eigenvalue weighted by Gasteiger charge is -2.31. The maximum atomic E-state index is 5.99. The average molecular weight is 264 g/mol. The van der Waals surface area contributed by atoms with E-state index in [-0.39, 0.29) is 0 Å². The SMILES string of the molecule is CN1CCCCC1Cc1cn2cc(Cl)ccc2n1. The molecule has 3 nitrogen and oxygen atoms in total. The van der Waals surface area contributed by atoms with Crippen LogP contribution in [0.5, 0.6) is 0 Å². The highest BCUT2D eigenvalue weighted by Crippen LogP contribution is 2.19. The van der Waals surface area contributed by atoms with E-state index in [9.17, 15) is 0 Å². The average Bonchev–Trinajstić information content (AvgIpc) is 2.73. The number of likely N-dealkylation sites (N-methyl/N-ethyl adjacent to an activating group) is 1. The first-order valence-corrected chi connectivity index (χ1v) is 6.93. The van der Waals surface area contributed by atoms with Crippen LogP contribution in [-0.4, -0.2) is 33.9 Å². The van der Waals surface area contributed by atoms with E-state index in [0.717, 1.165) is 22.8 Å². The Balaban J connectivity index is 1.81. The molecular formula is C14H18ClN3. The molecule has 18 heavy (non-hydrogen) atoms. The van der Waals surface area contributed by atoms with Crippen LogP contribution in [0.15, 0.2) is 24.5 Å². The van der Waals surface area contributed by atoms with Crippen LogP contribution in [0.25, 0.3) is 5.65 Å². The van der Waals surface area contributed by atoms with Crippen LogP contribution in [0.4, 0.5) is 0 Å². The minimum absolute atomic E-state index is 0.638. The van der Waals surface area contributed by atoms with Crippen LogP contribution in [-0.2, 0) is 6.42 Å². The van der Waals surface area contributed by atoms with Crippen molar-refractivity contribution in [2.75, 3.05) is 13.6 Å². The Hall–Kier alpha value is -1.06. The summed E-state index contributed by atoms with van der Waals surface area (Å²) < 4.78 is 2.01. The first kappa shape index (κ1) is 12.0. The molecule has 0 radical (unpaired) electrons. The Bertz CT molecular complexity index is 549. The third-order valence-corrected chi connectivity index (χ3v) is 4.05. The van der Waals surface area contributed by atoms with E-state index in [1.165, 1.54) is 25.8 Å². The topological polar surface area (TPSA) is 20.5 Å². The highest BCUT2D eigenvalue weighted by atomic mass is 35.5. The molecule has 0 saturated carbocycles. The minimum Gasteiger partial charge on any atom is -0.305 e. The first-order valence-electron chi connectivity index (χ1n) is 6.56. The number of nitrogens with zero attached hydrogens (tertiary/aromatic N) is 3.